The van der Waals surface area contributed by atoms with Crippen molar-refractivity contribution in [3.63, 3.8) is 0 Å². The fraction of sp³-hybridized carbons (Fsp3) is 0.158. The number of Topliss-reactive ketones (excluding diaryl/α,β-unsaturated/α-hetero) is 2. The molecule has 9 nitrogen and oxygen atoms in total. The minimum atomic E-state index is -5.80. The molecular weight excluding hydrogens is 480 g/mol. The van der Waals surface area contributed by atoms with E-state index in [1.165, 1.54) is 48.5 Å². The van der Waals surface area contributed by atoms with E-state index in [1.54, 1.807) is 0 Å². The summed E-state index contributed by atoms with van der Waals surface area (Å²) in [4.78, 5) is 21.5. The maximum absolute atomic E-state index is 13.1. The number of carbonyl (C=O) groups is 2. The molecule has 1 unspecified atom stereocenters. The molecule has 0 spiro atoms. The first kappa shape index (κ1) is 27.4. The van der Waals surface area contributed by atoms with Crippen LogP contribution in [0.5, 0.6) is 0 Å². The van der Waals surface area contributed by atoms with Crippen molar-refractivity contribution in [1.29, 1.82) is 0 Å². The molecule has 0 aromatic heterocycles. The zero-order valence-electron chi connectivity index (χ0n) is 17.3. The third kappa shape index (κ3) is 3.88. The van der Waals surface area contributed by atoms with E-state index >= 15 is 0 Å². The topological polar surface area (TPSA) is 161 Å². The van der Waals surface area contributed by atoms with Crippen LogP contribution in [0.4, 0.5) is 5.69 Å². The maximum atomic E-state index is 13.1. The predicted molar refractivity (Wildman–Crippen MR) is 103 cm³/mol. The van der Waals surface area contributed by atoms with Gasteiger partial charge in [0.1, 0.15) is 26.2 Å². The Bertz CT molecular complexity index is 1350. The molecule has 1 aliphatic carbocycles. The van der Waals surface area contributed by atoms with Crippen molar-refractivity contribution in [3.05, 3.63) is 70.1 Å². The Morgan fingerprint density at radius 3 is 1.69 bits per heavy atom. The van der Waals surface area contributed by atoms with Crippen molar-refractivity contribution in [2.24, 2.45) is 5.92 Å². The van der Waals surface area contributed by atoms with E-state index in [0.717, 1.165) is 6.92 Å². The van der Waals surface area contributed by atoms with E-state index in [9.17, 15) is 35.5 Å². The van der Waals surface area contributed by atoms with E-state index in [0.29, 0.717) is 0 Å². The van der Waals surface area contributed by atoms with Crippen molar-refractivity contribution in [1.82, 2.24) is 0 Å². The molecule has 2 aliphatic rings. The summed E-state index contributed by atoms with van der Waals surface area (Å²) in [6.45, 7) is 1.15. The zero-order valence-corrected chi connectivity index (χ0v) is 22.9. The predicted octanol–water partition coefficient (Wildman–Crippen LogP) is -4.67. The molecule has 2 aromatic carbocycles. The van der Waals surface area contributed by atoms with Crippen LogP contribution in [0.1, 0.15) is 33.2 Å². The fourth-order valence-electron chi connectivity index (χ4n) is 4.19. The Labute approximate surface area is 228 Å². The van der Waals surface area contributed by atoms with Gasteiger partial charge in [0.2, 0.25) is 0 Å². The monoisotopic (exact) mass is 493 g/mol. The third-order valence-corrected chi connectivity index (χ3v) is 7.95. The van der Waals surface area contributed by atoms with Crippen LogP contribution < -0.4 is 64.4 Å². The number of anilines is 1. The van der Waals surface area contributed by atoms with Gasteiger partial charge in [0, 0.05) is 22.4 Å². The van der Waals surface area contributed by atoms with Gasteiger partial charge in [0.05, 0.1) is 4.91 Å². The maximum Gasteiger partial charge on any atom is 1.00 e. The smallest absolute Gasteiger partial charge is 0.746 e. The number of hydrogen-bond acceptors (Lipinski definition) is 9. The van der Waals surface area contributed by atoms with E-state index in [4.69, 9.17) is 0 Å². The average Bonchev–Trinajstić information content (AvgIpc) is 2.91. The summed E-state index contributed by atoms with van der Waals surface area (Å²) in [5.74, 6) is -4.40. The Hall–Kier alpha value is -0.860. The molecule has 156 valence electrons. The van der Waals surface area contributed by atoms with Crippen LogP contribution in [0.2, 0.25) is 0 Å². The van der Waals surface area contributed by atoms with E-state index in [2.05, 4.69) is 5.32 Å². The van der Waals surface area contributed by atoms with Crippen LogP contribution in [0.25, 0.3) is 5.57 Å². The van der Waals surface area contributed by atoms with Gasteiger partial charge >= 0.3 is 59.1 Å². The van der Waals surface area contributed by atoms with Crippen molar-refractivity contribution in [2.45, 2.75) is 11.8 Å². The molecule has 0 fully saturated rings. The normalized spacial score (nSPS) is 20.6. The summed E-state index contributed by atoms with van der Waals surface area (Å²) in [5.41, 5.74) is -0.483. The number of para-hydroxylation sites is 1. The van der Waals surface area contributed by atoms with Crippen molar-refractivity contribution in [3.8, 4) is 0 Å². The molecule has 32 heavy (non-hydrogen) atoms. The second kappa shape index (κ2) is 9.06. The number of carbonyl (C=O) groups excluding carboxylic acids is 2. The van der Waals surface area contributed by atoms with Crippen molar-refractivity contribution in [2.75, 3.05) is 5.32 Å². The second-order valence-electron chi connectivity index (χ2n) is 6.98. The van der Waals surface area contributed by atoms with E-state index in [1.807, 2.05) is 0 Å². The number of benzene rings is 2. The van der Waals surface area contributed by atoms with Crippen LogP contribution >= 0.6 is 0 Å². The van der Waals surface area contributed by atoms with Gasteiger partial charge in [-0.05, 0) is 18.6 Å². The van der Waals surface area contributed by atoms with Gasteiger partial charge in [-0.15, -0.1) is 0 Å². The first-order valence-corrected chi connectivity index (χ1v) is 11.4. The quantitative estimate of drug-likeness (QED) is 0.252. The molecule has 0 saturated heterocycles. The third-order valence-electron chi connectivity index (χ3n) is 5.36. The average molecular weight is 493 g/mol. The van der Waals surface area contributed by atoms with Gasteiger partial charge in [0.25, 0.3) is 0 Å². The van der Waals surface area contributed by atoms with Gasteiger partial charge < -0.3 is 14.4 Å². The van der Waals surface area contributed by atoms with Crippen molar-refractivity contribution < 1.29 is 94.6 Å². The van der Waals surface area contributed by atoms with Gasteiger partial charge in [-0.2, -0.15) is 0 Å². The molecule has 13 heteroatoms. The molecule has 4 rings (SSSR count). The largest absolute Gasteiger partial charge is 1.00 e. The Kier molecular flexibility index (Phi) is 7.76. The minimum absolute atomic E-state index is 0. The zero-order chi connectivity index (χ0) is 22.1. The molecule has 1 heterocycles. The van der Waals surface area contributed by atoms with Crippen molar-refractivity contribution >= 4 is 43.1 Å². The van der Waals surface area contributed by atoms with Crippen LogP contribution in [0, 0.1) is 5.92 Å². The Morgan fingerprint density at radius 2 is 1.25 bits per heavy atom. The standard InChI is InChI=1S/C19H15NO8S2.2Na/c1-10-11-6-4-5-9-14(11)20-19(30(26,27)28,18(10)29(23,24)25)15-16(21)12-7-2-3-8-13(12)17(15)22;;/h2-9,15,20H,1H3,(H,23,24,25)(H,26,27,28);;/q;2*+1/p-2. The summed E-state index contributed by atoms with van der Waals surface area (Å²) in [5, 5.41) is 2.30. The number of hydrogen-bond donors (Lipinski definition) is 1. The van der Waals surface area contributed by atoms with Crippen LogP contribution in [0.15, 0.2) is 53.4 Å². The van der Waals surface area contributed by atoms with E-state index < -0.39 is 47.5 Å². The van der Waals surface area contributed by atoms with E-state index in [-0.39, 0.29) is 87.1 Å². The second-order valence-corrected chi connectivity index (χ2v) is 9.84. The molecular formula is C19H13NNa2O8S2. The summed E-state index contributed by atoms with van der Waals surface area (Å²) in [7, 11) is -11.4. The summed E-state index contributed by atoms with van der Waals surface area (Å²) < 4.78 is 74.5. The Balaban J connectivity index is 0.00000181. The molecule has 0 amide bonds. The van der Waals surface area contributed by atoms with Gasteiger partial charge in [0.15, 0.2) is 16.4 Å². The molecule has 1 atom stereocenters. The number of ketones is 2. The first-order valence-electron chi connectivity index (χ1n) is 8.59. The Morgan fingerprint density at radius 1 is 0.812 bits per heavy atom. The minimum Gasteiger partial charge on any atom is -0.746 e. The van der Waals surface area contributed by atoms with Gasteiger partial charge in [-0.1, -0.05) is 42.5 Å². The van der Waals surface area contributed by atoms with Gasteiger partial charge in [-0.25, -0.2) is 16.8 Å². The summed E-state index contributed by atoms with van der Waals surface area (Å²) in [6, 6.07) is 11.1. The SMILES string of the molecule is CC1=C(S(=O)(=O)[O-])C(C2C(=O)c3ccccc3C2=O)(S(=O)(=O)[O-])Nc2ccccc21.[Na+].[Na+]. The van der Waals surface area contributed by atoms with Gasteiger partial charge in [-0.3, -0.25) is 9.59 Å². The first-order chi connectivity index (χ1) is 13.9. The van der Waals surface area contributed by atoms with Crippen LogP contribution in [-0.4, -0.2) is 42.4 Å². The molecule has 1 aliphatic heterocycles. The molecule has 0 radical (unpaired) electrons. The summed E-state index contributed by atoms with van der Waals surface area (Å²) >= 11 is 0. The van der Waals surface area contributed by atoms with Crippen LogP contribution in [0.3, 0.4) is 0 Å². The molecule has 0 bridgehead atoms. The summed E-state index contributed by atoms with van der Waals surface area (Å²) in [6.07, 6.45) is 0. The number of fused-ring (bicyclic) bond motifs is 2. The number of allylic oxidation sites excluding steroid dienone is 1. The number of nitrogens with one attached hydrogen (secondary N) is 1. The fourth-order valence-corrected chi connectivity index (χ4v) is 6.94. The van der Waals surface area contributed by atoms with Crippen LogP contribution in [-0.2, 0) is 20.2 Å². The molecule has 1 N–H and O–H groups in total. The molecule has 2 aromatic rings. The number of rotatable bonds is 3. The molecule has 0 saturated carbocycles.